The monoisotopic (exact) mass is 520 g/mol. The van der Waals surface area contributed by atoms with E-state index in [0.29, 0.717) is 17.3 Å². The molecule has 39 heavy (non-hydrogen) atoms. The molecule has 4 aromatic rings. The van der Waals surface area contributed by atoms with Crippen molar-refractivity contribution in [2.24, 2.45) is 5.92 Å². The van der Waals surface area contributed by atoms with Crippen LogP contribution in [0.1, 0.15) is 28.8 Å². The first-order chi connectivity index (χ1) is 18.9. The van der Waals surface area contributed by atoms with Crippen molar-refractivity contribution in [1.29, 1.82) is 0 Å². The molecule has 5 rings (SSSR count). The summed E-state index contributed by atoms with van der Waals surface area (Å²) >= 11 is 0. The molecule has 2 amide bonds. The first-order valence-corrected chi connectivity index (χ1v) is 13.1. The molecule has 0 radical (unpaired) electrons. The first kappa shape index (κ1) is 26.0. The zero-order valence-corrected chi connectivity index (χ0v) is 22.4. The van der Waals surface area contributed by atoms with Gasteiger partial charge in [-0.1, -0.05) is 11.8 Å². The van der Waals surface area contributed by atoms with Crippen molar-refractivity contribution in [3.8, 4) is 11.8 Å². The third-order valence-electron chi connectivity index (χ3n) is 7.15. The highest BCUT2D eigenvalue weighted by molar-refractivity contribution is 6.04. The fraction of sp³-hybridized carbons (Fsp3) is 0.258. The molecule has 1 fully saturated rings. The number of nitrogens with one attached hydrogen (secondary N) is 2. The van der Waals surface area contributed by atoms with Crippen LogP contribution in [0.4, 0.5) is 22.0 Å². The largest absolute Gasteiger partial charge is 0.344 e. The van der Waals surface area contributed by atoms with Crippen molar-refractivity contribution < 1.29 is 9.59 Å². The lowest BCUT2D eigenvalue weighted by molar-refractivity contribution is 0.102. The van der Waals surface area contributed by atoms with E-state index in [4.69, 9.17) is 0 Å². The Labute approximate surface area is 228 Å². The number of carbonyl (C=O) groups excluding carboxylic acids is 2. The molecule has 2 aromatic heterocycles. The van der Waals surface area contributed by atoms with Gasteiger partial charge in [-0.05, 0) is 87.6 Å². The average molecular weight is 521 g/mol. The van der Waals surface area contributed by atoms with Crippen molar-refractivity contribution in [2.75, 3.05) is 44.4 Å². The number of amides is 2. The van der Waals surface area contributed by atoms with Crippen LogP contribution in [0.2, 0.25) is 0 Å². The number of carbonyl (C=O) groups is 2. The number of rotatable bonds is 4. The molecule has 8 heteroatoms. The van der Waals surface area contributed by atoms with Crippen LogP contribution in [0, 0.1) is 17.8 Å². The second kappa shape index (κ2) is 11.4. The average Bonchev–Trinajstić information content (AvgIpc) is 3.40. The molecule has 1 saturated heterocycles. The van der Waals surface area contributed by atoms with Gasteiger partial charge in [-0.25, -0.2) is 9.78 Å². The zero-order valence-electron chi connectivity index (χ0n) is 22.4. The van der Waals surface area contributed by atoms with Gasteiger partial charge in [-0.3, -0.25) is 9.36 Å². The van der Waals surface area contributed by atoms with Crippen LogP contribution < -0.4 is 15.5 Å². The fourth-order valence-electron chi connectivity index (χ4n) is 4.71. The van der Waals surface area contributed by atoms with E-state index in [9.17, 15) is 9.59 Å². The standard InChI is InChI=1S/C31H32N6O2/c1-32-31(39)37-19-15-25-20-26(10-11-28(25)37)36(3)27-12-16-33-29(21-27)34-30(38)24-8-6-22(7-9-24)4-5-23-13-17-35(2)18-14-23/h6-12,15-16,19-21,23H,13-14,17-18H2,1-3H3,(H,32,39)(H,33,34,38). The smallest absolute Gasteiger partial charge is 0.325 e. The predicted octanol–water partition coefficient (Wildman–Crippen LogP) is 4.94. The minimum Gasteiger partial charge on any atom is -0.344 e. The van der Waals surface area contributed by atoms with E-state index >= 15 is 0 Å². The number of anilines is 3. The van der Waals surface area contributed by atoms with Crippen LogP contribution in [0.25, 0.3) is 10.9 Å². The number of benzene rings is 2. The summed E-state index contributed by atoms with van der Waals surface area (Å²) < 4.78 is 1.58. The summed E-state index contributed by atoms with van der Waals surface area (Å²) in [6.45, 7) is 2.18. The van der Waals surface area contributed by atoms with Gasteiger partial charge in [0.25, 0.3) is 5.91 Å². The summed E-state index contributed by atoms with van der Waals surface area (Å²) in [7, 11) is 5.70. The summed E-state index contributed by atoms with van der Waals surface area (Å²) in [5.74, 6) is 7.32. The summed E-state index contributed by atoms with van der Waals surface area (Å²) in [5.41, 5.74) is 4.09. The van der Waals surface area contributed by atoms with Gasteiger partial charge in [0.1, 0.15) is 5.82 Å². The van der Waals surface area contributed by atoms with Crippen molar-refractivity contribution in [2.45, 2.75) is 12.8 Å². The highest BCUT2D eigenvalue weighted by Crippen LogP contribution is 2.28. The van der Waals surface area contributed by atoms with Gasteiger partial charge in [0, 0.05) is 66.4 Å². The summed E-state index contributed by atoms with van der Waals surface area (Å²) in [6, 6.07) is 18.7. The maximum atomic E-state index is 12.9. The molecule has 0 aliphatic carbocycles. The van der Waals surface area contributed by atoms with Crippen LogP contribution in [-0.2, 0) is 0 Å². The van der Waals surface area contributed by atoms with E-state index < -0.39 is 0 Å². The van der Waals surface area contributed by atoms with Gasteiger partial charge in [0.2, 0.25) is 0 Å². The Morgan fingerprint density at radius 3 is 2.49 bits per heavy atom. The molecule has 0 spiro atoms. The van der Waals surface area contributed by atoms with Gasteiger partial charge in [0.05, 0.1) is 5.52 Å². The third-order valence-corrected chi connectivity index (χ3v) is 7.15. The van der Waals surface area contributed by atoms with E-state index in [2.05, 4.69) is 39.4 Å². The Kier molecular flexibility index (Phi) is 7.62. The Morgan fingerprint density at radius 2 is 1.74 bits per heavy atom. The number of piperidine rings is 1. The van der Waals surface area contributed by atoms with Gasteiger partial charge in [0.15, 0.2) is 0 Å². The fourth-order valence-corrected chi connectivity index (χ4v) is 4.71. The maximum absolute atomic E-state index is 12.9. The topological polar surface area (TPSA) is 82.5 Å². The molecule has 3 heterocycles. The van der Waals surface area contributed by atoms with Crippen LogP contribution in [0.3, 0.4) is 0 Å². The number of fused-ring (bicyclic) bond motifs is 1. The summed E-state index contributed by atoms with van der Waals surface area (Å²) in [6.07, 6.45) is 5.63. The molecular formula is C31H32N6O2. The molecule has 0 unspecified atom stereocenters. The quantitative estimate of drug-likeness (QED) is 0.373. The number of nitrogens with zero attached hydrogens (tertiary/aromatic N) is 4. The molecule has 2 aromatic carbocycles. The van der Waals surface area contributed by atoms with Crippen LogP contribution in [0.15, 0.2) is 73.1 Å². The lowest BCUT2D eigenvalue weighted by atomic mass is 9.97. The van der Waals surface area contributed by atoms with Crippen LogP contribution in [0.5, 0.6) is 0 Å². The molecule has 1 aliphatic rings. The Hall–Kier alpha value is -4.61. The molecule has 0 bridgehead atoms. The van der Waals surface area contributed by atoms with E-state index in [-0.39, 0.29) is 11.9 Å². The van der Waals surface area contributed by atoms with E-state index in [1.807, 2.05) is 60.5 Å². The summed E-state index contributed by atoms with van der Waals surface area (Å²) in [4.78, 5) is 33.6. The Bertz CT molecular complexity index is 1560. The minimum absolute atomic E-state index is 0.184. The number of hydrogen-bond donors (Lipinski definition) is 2. The summed E-state index contributed by atoms with van der Waals surface area (Å²) in [5, 5.41) is 6.49. The highest BCUT2D eigenvalue weighted by Gasteiger charge is 2.14. The molecule has 0 atom stereocenters. The normalized spacial score (nSPS) is 13.9. The van der Waals surface area contributed by atoms with Gasteiger partial charge < -0.3 is 20.4 Å². The number of aromatic nitrogens is 2. The Morgan fingerprint density at radius 1 is 1.00 bits per heavy atom. The molecule has 2 N–H and O–H groups in total. The van der Waals surface area contributed by atoms with Crippen molar-refractivity contribution in [1.82, 2.24) is 19.8 Å². The number of likely N-dealkylation sites (tertiary alicyclic amines) is 1. The SMILES string of the molecule is CNC(=O)n1ccc2cc(N(C)c3ccnc(NC(=O)c4ccc(C#CC5CCN(C)CC5)cc4)c3)ccc21. The highest BCUT2D eigenvalue weighted by atomic mass is 16.2. The molecule has 1 aliphatic heterocycles. The zero-order chi connectivity index (χ0) is 27.4. The van der Waals surface area contributed by atoms with Crippen molar-refractivity contribution >= 4 is 40.0 Å². The van der Waals surface area contributed by atoms with Crippen LogP contribution >= 0.6 is 0 Å². The molecule has 0 saturated carbocycles. The number of pyridine rings is 1. The lowest BCUT2D eigenvalue weighted by Gasteiger charge is -2.25. The number of hydrogen-bond acceptors (Lipinski definition) is 5. The first-order valence-electron chi connectivity index (χ1n) is 13.1. The van der Waals surface area contributed by atoms with Gasteiger partial charge in [-0.15, -0.1) is 0 Å². The van der Waals surface area contributed by atoms with Gasteiger partial charge in [-0.2, -0.15) is 0 Å². The van der Waals surface area contributed by atoms with Gasteiger partial charge >= 0.3 is 6.03 Å². The second-order valence-corrected chi connectivity index (χ2v) is 9.82. The van der Waals surface area contributed by atoms with Crippen molar-refractivity contribution in [3.05, 3.63) is 84.2 Å². The van der Waals surface area contributed by atoms with E-state index in [1.165, 1.54) is 0 Å². The van der Waals surface area contributed by atoms with E-state index in [0.717, 1.165) is 53.8 Å². The lowest BCUT2D eigenvalue weighted by Crippen LogP contribution is -2.29. The minimum atomic E-state index is -0.228. The molecular weight excluding hydrogens is 488 g/mol. The maximum Gasteiger partial charge on any atom is 0.325 e. The third kappa shape index (κ3) is 5.95. The predicted molar refractivity (Wildman–Crippen MR) is 156 cm³/mol. The van der Waals surface area contributed by atoms with Crippen LogP contribution in [-0.4, -0.2) is 60.6 Å². The molecule has 198 valence electrons. The molecule has 8 nitrogen and oxygen atoms in total. The Balaban J connectivity index is 1.25. The second-order valence-electron chi connectivity index (χ2n) is 9.82. The van der Waals surface area contributed by atoms with E-state index in [1.54, 1.807) is 36.1 Å². The van der Waals surface area contributed by atoms with Crippen molar-refractivity contribution in [3.63, 3.8) is 0 Å².